The van der Waals surface area contributed by atoms with Gasteiger partial charge in [0, 0.05) is 9.92 Å². The van der Waals surface area contributed by atoms with Crippen molar-refractivity contribution in [2.75, 3.05) is 5.73 Å². The van der Waals surface area contributed by atoms with Gasteiger partial charge in [-0.05, 0) is 35.1 Å². The second kappa shape index (κ2) is 5.07. The van der Waals surface area contributed by atoms with Crippen LogP contribution < -0.4 is 5.73 Å². The number of nitrogens with two attached hydrogens (primary N) is 1. The summed E-state index contributed by atoms with van der Waals surface area (Å²) in [6, 6.07) is 7.65. The van der Waals surface area contributed by atoms with E-state index in [4.69, 9.17) is 17.3 Å². The summed E-state index contributed by atoms with van der Waals surface area (Å²) >= 11 is 7.16. The Kier molecular flexibility index (Phi) is 3.74. The van der Waals surface area contributed by atoms with E-state index in [1.165, 1.54) is 22.1 Å². The highest BCUT2D eigenvalue weighted by Crippen LogP contribution is 2.39. The molecule has 0 unspecified atom stereocenters. The van der Waals surface area contributed by atoms with E-state index in [9.17, 15) is 0 Å². The summed E-state index contributed by atoms with van der Waals surface area (Å²) in [5, 5.41) is 8.88. The Bertz CT molecular complexity index is 443. The lowest BCUT2D eigenvalue weighted by Gasteiger charge is -1.96. The molecule has 0 saturated heterocycles. The highest BCUT2D eigenvalue weighted by atomic mass is 35.5. The van der Waals surface area contributed by atoms with Gasteiger partial charge in [-0.15, -0.1) is 10.2 Å². The van der Waals surface area contributed by atoms with Crippen LogP contribution in [0.4, 0.5) is 5.13 Å². The molecule has 7 heteroatoms. The molecule has 0 amide bonds. The normalized spacial score (nSPS) is 10.5. The van der Waals surface area contributed by atoms with Crippen LogP contribution in [-0.2, 0) is 0 Å². The zero-order valence-electron chi connectivity index (χ0n) is 7.38. The smallest absolute Gasteiger partial charge is 0.203 e. The molecule has 78 valence electrons. The minimum absolute atomic E-state index is 0.495. The Morgan fingerprint density at radius 2 is 1.87 bits per heavy atom. The van der Waals surface area contributed by atoms with Crippen molar-refractivity contribution in [2.24, 2.45) is 0 Å². The van der Waals surface area contributed by atoms with Crippen molar-refractivity contribution in [3.63, 3.8) is 0 Å². The Morgan fingerprint density at radius 3 is 2.47 bits per heavy atom. The van der Waals surface area contributed by atoms with Crippen LogP contribution in [0.5, 0.6) is 0 Å². The van der Waals surface area contributed by atoms with E-state index in [0.717, 1.165) is 14.3 Å². The number of hydrogen-bond donors (Lipinski definition) is 1. The SMILES string of the molecule is Nc1nnc(SSc2ccc(Cl)cc2)s1. The van der Waals surface area contributed by atoms with Crippen molar-refractivity contribution >= 4 is 49.7 Å². The number of hydrogen-bond acceptors (Lipinski definition) is 6. The summed E-state index contributed by atoms with van der Waals surface area (Å²) in [7, 11) is 3.14. The van der Waals surface area contributed by atoms with Crippen LogP contribution in [0.15, 0.2) is 33.5 Å². The summed E-state index contributed by atoms with van der Waals surface area (Å²) in [6.45, 7) is 0. The molecule has 1 heterocycles. The number of aromatic nitrogens is 2. The second-order valence-corrected chi connectivity index (χ2v) is 6.42. The molecular formula is C8H6ClN3S3. The van der Waals surface area contributed by atoms with Gasteiger partial charge in [-0.25, -0.2) is 0 Å². The van der Waals surface area contributed by atoms with Gasteiger partial charge in [0.25, 0.3) is 0 Å². The number of anilines is 1. The molecule has 1 aromatic carbocycles. The summed E-state index contributed by atoms with van der Waals surface area (Å²) in [5.74, 6) is 0. The lowest BCUT2D eigenvalue weighted by Crippen LogP contribution is -1.79. The third-order valence-electron chi connectivity index (χ3n) is 1.44. The van der Waals surface area contributed by atoms with Gasteiger partial charge in [0.1, 0.15) is 0 Å². The zero-order chi connectivity index (χ0) is 10.7. The fraction of sp³-hybridized carbons (Fsp3) is 0. The lowest BCUT2D eigenvalue weighted by atomic mass is 10.4. The van der Waals surface area contributed by atoms with Crippen LogP contribution in [0.3, 0.4) is 0 Å². The van der Waals surface area contributed by atoms with Gasteiger partial charge < -0.3 is 5.73 Å². The average Bonchev–Trinajstić information content (AvgIpc) is 2.64. The van der Waals surface area contributed by atoms with E-state index in [-0.39, 0.29) is 0 Å². The standard InChI is InChI=1S/C8H6ClN3S3/c9-5-1-3-6(4-2-5)14-15-8-12-11-7(10)13-8/h1-4H,(H2,10,11). The van der Waals surface area contributed by atoms with E-state index in [0.29, 0.717) is 5.13 Å². The molecule has 0 bridgehead atoms. The van der Waals surface area contributed by atoms with E-state index < -0.39 is 0 Å². The molecule has 0 atom stereocenters. The Morgan fingerprint density at radius 1 is 1.13 bits per heavy atom. The van der Waals surface area contributed by atoms with Crippen molar-refractivity contribution in [2.45, 2.75) is 9.24 Å². The van der Waals surface area contributed by atoms with Crippen LogP contribution in [0, 0.1) is 0 Å². The van der Waals surface area contributed by atoms with Gasteiger partial charge in [0.15, 0.2) is 4.34 Å². The summed E-state index contributed by atoms with van der Waals surface area (Å²) in [5.41, 5.74) is 5.47. The summed E-state index contributed by atoms with van der Waals surface area (Å²) in [4.78, 5) is 1.12. The maximum absolute atomic E-state index is 5.78. The van der Waals surface area contributed by atoms with Gasteiger partial charge in [0.2, 0.25) is 5.13 Å². The van der Waals surface area contributed by atoms with Gasteiger partial charge in [0.05, 0.1) is 0 Å². The molecule has 0 aliphatic carbocycles. The van der Waals surface area contributed by atoms with E-state index >= 15 is 0 Å². The van der Waals surface area contributed by atoms with Crippen molar-refractivity contribution < 1.29 is 0 Å². The van der Waals surface area contributed by atoms with Gasteiger partial charge in [-0.1, -0.05) is 33.7 Å². The Hall–Kier alpha value is -0.430. The van der Waals surface area contributed by atoms with E-state index in [1.807, 2.05) is 24.3 Å². The minimum atomic E-state index is 0.495. The molecule has 2 aromatic rings. The molecule has 0 radical (unpaired) electrons. The van der Waals surface area contributed by atoms with Crippen LogP contribution in [0.2, 0.25) is 5.02 Å². The number of halogens is 1. The predicted molar refractivity (Wildman–Crippen MR) is 67.5 cm³/mol. The quantitative estimate of drug-likeness (QED) is 0.868. The molecule has 15 heavy (non-hydrogen) atoms. The molecule has 3 nitrogen and oxygen atoms in total. The van der Waals surface area contributed by atoms with Crippen LogP contribution in [0.1, 0.15) is 0 Å². The second-order valence-electron chi connectivity index (χ2n) is 2.53. The summed E-state index contributed by atoms with van der Waals surface area (Å²) < 4.78 is 0.854. The Labute approximate surface area is 104 Å². The molecule has 2 N–H and O–H groups in total. The number of nitrogen functional groups attached to an aromatic ring is 1. The first-order valence-corrected chi connectivity index (χ1v) is 7.27. The average molecular weight is 276 g/mol. The highest BCUT2D eigenvalue weighted by molar-refractivity contribution is 8.77. The van der Waals surface area contributed by atoms with Gasteiger partial charge >= 0.3 is 0 Å². The first-order valence-electron chi connectivity index (χ1n) is 3.93. The summed E-state index contributed by atoms with van der Waals surface area (Å²) in [6.07, 6.45) is 0. The lowest BCUT2D eigenvalue weighted by molar-refractivity contribution is 1.02. The molecule has 0 fully saturated rings. The van der Waals surface area contributed by atoms with E-state index in [2.05, 4.69) is 10.2 Å². The topological polar surface area (TPSA) is 51.8 Å². The molecule has 1 aromatic heterocycles. The van der Waals surface area contributed by atoms with Crippen molar-refractivity contribution in [3.05, 3.63) is 29.3 Å². The molecule has 0 saturated carbocycles. The molecule has 2 rings (SSSR count). The van der Waals surface area contributed by atoms with Crippen LogP contribution in [0.25, 0.3) is 0 Å². The monoisotopic (exact) mass is 275 g/mol. The molecule has 0 aliphatic rings. The molecular weight excluding hydrogens is 270 g/mol. The maximum atomic E-state index is 5.78. The fourth-order valence-electron chi connectivity index (χ4n) is 0.828. The number of rotatable bonds is 3. The largest absolute Gasteiger partial charge is 0.374 e. The fourth-order valence-corrected chi connectivity index (χ4v) is 3.73. The third kappa shape index (κ3) is 3.27. The highest BCUT2D eigenvalue weighted by Gasteiger charge is 2.03. The van der Waals surface area contributed by atoms with Crippen LogP contribution in [-0.4, -0.2) is 10.2 Å². The Balaban J connectivity index is 1.96. The van der Waals surface area contributed by atoms with Crippen molar-refractivity contribution in [1.82, 2.24) is 10.2 Å². The van der Waals surface area contributed by atoms with Gasteiger partial charge in [-0.2, -0.15) is 0 Å². The maximum Gasteiger partial charge on any atom is 0.203 e. The zero-order valence-corrected chi connectivity index (χ0v) is 10.6. The van der Waals surface area contributed by atoms with Gasteiger partial charge in [-0.3, -0.25) is 0 Å². The minimum Gasteiger partial charge on any atom is -0.374 e. The van der Waals surface area contributed by atoms with Crippen LogP contribution >= 0.6 is 44.5 Å². The van der Waals surface area contributed by atoms with Crippen molar-refractivity contribution in [1.29, 1.82) is 0 Å². The van der Waals surface area contributed by atoms with Crippen molar-refractivity contribution in [3.8, 4) is 0 Å². The first-order chi connectivity index (χ1) is 7.24. The number of nitrogens with zero attached hydrogens (tertiary/aromatic N) is 2. The molecule has 0 spiro atoms. The molecule has 0 aliphatic heterocycles. The third-order valence-corrected chi connectivity index (χ3v) is 5.13. The first kappa shape index (κ1) is 11.1. The predicted octanol–water partition coefficient (Wildman–Crippen LogP) is 3.57. The van der Waals surface area contributed by atoms with E-state index in [1.54, 1.807) is 10.8 Å². The number of benzene rings is 1.